The van der Waals surface area contributed by atoms with Gasteiger partial charge in [0, 0.05) is 13.1 Å². The van der Waals surface area contributed by atoms with Crippen LogP contribution in [0.1, 0.15) is 0 Å². The molecule has 0 saturated carbocycles. The Balaban J connectivity index is 0.000000360. The van der Waals surface area contributed by atoms with Crippen molar-refractivity contribution < 1.29 is 21.9 Å². The van der Waals surface area contributed by atoms with E-state index in [-0.39, 0.29) is 17.1 Å². The Morgan fingerprint density at radius 1 is 1.24 bits per heavy atom. The summed E-state index contributed by atoms with van der Waals surface area (Å²) in [6.45, 7) is 1.07. The largest absolute Gasteiger partial charge is 2.00 e. The van der Waals surface area contributed by atoms with Gasteiger partial charge in [-0.3, -0.25) is 4.79 Å². The fourth-order valence-electron chi connectivity index (χ4n) is 1.26. The van der Waals surface area contributed by atoms with Crippen LogP contribution in [-0.4, -0.2) is 19.5 Å². The Hall–Kier alpha value is -1.35. The van der Waals surface area contributed by atoms with E-state index in [0.717, 1.165) is 12.1 Å². The topological polar surface area (TPSA) is 46.3 Å². The first-order valence-electron chi connectivity index (χ1n) is 5.19. The fraction of sp³-hybridized carbons (Fsp3) is 0.154. The average molecular weight is 272 g/mol. The molecule has 2 rings (SSSR count). The number of amides is 1. The molecule has 0 fully saturated rings. The van der Waals surface area contributed by atoms with Crippen LogP contribution in [0.2, 0.25) is 0 Å². The van der Waals surface area contributed by atoms with Crippen molar-refractivity contribution in [2.24, 2.45) is 5.73 Å². The maximum Gasteiger partial charge on any atom is 2.00 e. The van der Waals surface area contributed by atoms with E-state index < -0.39 is 0 Å². The molecule has 3 nitrogen and oxygen atoms in total. The van der Waals surface area contributed by atoms with Gasteiger partial charge in [0.05, 0.1) is 0 Å². The molecule has 2 aromatic rings. The summed E-state index contributed by atoms with van der Waals surface area (Å²) < 4.78 is 0. The second kappa shape index (κ2) is 9.85. The minimum atomic E-state index is 0. The molecule has 0 spiro atoms. The quantitative estimate of drug-likeness (QED) is 0.523. The summed E-state index contributed by atoms with van der Waals surface area (Å²) in [5.41, 5.74) is 6.22. The van der Waals surface area contributed by atoms with Gasteiger partial charge in [-0.15, -0.1) is 6.07 Å². The van der Waals surface area contributed by atoms with Crippen LogP contribution in [0.25, 0.3) is 0 Å². The molecule has 0 aliphatic carbocycles. The molecule has 0 heterocycles. The summed E-state index contributed by atoms with van der Waals surface area (Å²) in [6.07, 6.45) is 0.794. The molecule has 1 amide bonds. The van der Waals surface area contributed by atoms with Crippen LogP contribution in [0.15, 0.2) is 54.6 Å². The standard InChI is InChI=1S/C8H11N2O.C5H5.Fe/c9-5-6-10(7-11)8-3-1-2-4-8;1-2-4-5-3-1;/h1-4,7H,5-6,9H2;1-5H;/q2*-1;+2. The number of carbonyl (C=O) groups excluding carboxylic acids is 1. The van der Waals surface area contributed by atoms with E-state index in [1.165, 1.54) is 0 Å². The summed E-state index contributed by atoms with van der Waals surface area (Å²) in [6, 6.07) is 17.5. The van der Waals surface area contributed by atoms with Crippen molar-refractivity contribution in [3.8, 4) is 0 Å². The molecule has 2 N–H and O–H groups in total. The normalized spacial score (nSPS) is 8.53. The number of nitrogens with two attached hydrogens (primary N) is 1. The zero-order valence-corrected chi connectivity index (χ0v) is 10.6. The predicted molar refractivity (Wildman–Crippen MR) is 66.5 cm³/mol. The molecule has 0 atom stereocenters. The second-order valence-corrected chi connectivity index (χ2v) is 3.19. The number of anilines is 1. The van der Waals surface area contributed by atoms with Crippen LogP contribution in [0.3, 0.4) is 0 Å². The first kappa shape index (κ1) is 15.6. The van der Waals surface area contributed by atoms with Gasteiger partial charge in [0.25, 0.3) is 0 Å². The van der Waals surface area contributed by atoms with E-state index >= 15 is 0 Å². The van der Waals surface area contributed by atoms with Crippen LogP contribution in [0.4, 0.5) is 5.69 Å². The number of hydrogen-bond acceptors (Lipinski definition) is 2. The van der Waals surface area contributed by atoms with E-state index in [4.69, 9.17) is 5.73 Å². The van der Waals surface area contributed by atoms with Crippen LogP contribution < -0.4 is 10.6 Å². The van der Waals surface area contributed by atoms with E-state index in [2.05, 4.69) is 0 Å². The Morgan fingerprint density at radius 2 is 1.94 bits per heavy atom. The van der Waals surface area contributed by atoms with Gasteiger partial charge in [-0.2, -0.15) is 30.3 Å². The Morgan fingerprint density at radius 3 is 2.29 bits per heavy atom. The third kappa shape index (κ3) is 6.07. The van der Waals surface area contributed by atoms with Crippen molar-refractivity contribution in [1.82, 2.24) is 0 Å². The summed E-state index contributed by atoms with van der Waals surface area (Å²) in [5.74, 6) is 0. The van der Waals surface area contributed by atoms with Crippen LogP contribution in [-0.2, 0) is 21.9 Å². The van der Waals surface area contributed by atoms with Crippen molar-refractivity contribution >= 4 is 12.1 Å². The van der Waals surface area contributed by atoms with Crippen molar-refractivity contribution in [3.05, 3.63) is 54.6 Å². The number of hydrogen-bond donors (Lipinski definition) is 1. The summed E-state index contributed by atoms with van der Waals surface area (Å²) in [4.78, 5) is 12.0. The molecule has 17 heavy (non-hydrogen) atoms. The molecule has 0 bridgehead atoms. The van der Waals surface area contributed by atoms with Gasteiger partial charge in [0.2, 0.25) is 6.41 Å². The predicted octanol–water partition coefficient (Wildman–Crippen LogP) is 1.73. The van der Waals surface area contributed by atoms with Gasteiger partial charge < -0.3 is 10.6 Å². The van der Waals surface area contributed by atoms with Gasteiger partial charge in [0.1, 0.15) is 0 Å². The van der Waals surface area contributed by atoms with E-state index in [1.807, 2.05) is 54.6 Å². The van der Waals surface area contributed by atoms with Gasteiger partial charge in [0.15, 0.2) is 0 Å². The Kier molecular flexibility index (Phi) is 9.06. The van der Waals surface area contributed by atoms with E-state index in [0.29, 0.717) is 13.1 Å². The summed E-state index contributed by atoms with van der Waals surface area (Å²) in [7, 11) is 0. The average Bonchev–Trinajstić information content (AvgIpc) is 2.99. The van der Waals surface area contributed by atoms with E-state index in [1.54, 1.807) is 4.90 Å². The molecule has 2 aromatic carbocycles. The third-order valence-corrected chi connectivity index (χ3v) is 2.03. The number of rotatable bonds is 4. The van der Waals surface area contributed by atoms with Crippen LogP contribution >= 0.6 is 0 Å². The molecule has 0 aliphatic rings. The Labute approximate surface area is 112 Å². The first-order valence-corrected chi connectivity index (χ1v) is 5.19. The SMILES string of the molecule is NCCN(C=O)c1ccc[cH-]1.[Fe+2].c1cc[cH-]c1. The van der Waals surface area contributed by atoms with Crippen LogP contribution in [0.5, 0.6) is 0 Å². The molecule has 92 valence electrons. The van der Waals surface area contributed by atoms with Gasteiger partial charge in [-0.25, -0.2) is 18.2 Å². The van der Waals surface area contributed by atoms with Gasteiger partial charge in [-0.05, 0) is 0 Å². The van der Waals surface area contributed by atoms with Gasteiger partial charge in [-0.1, -0.05) is 5.69 Å². The fourth-order valence-corrected chi connectivity index (χ4v) is 1.26. The van der Waals surface area contributed by atoms with E-state index in [9.17, 15) is 4.79 Å². The molecule has 0 aromatic heterocycles. The molecular formula is C13H16FeN2O. The minimum Gasteiger partial charge on any atom is -0.338 e. The minimum absolute atomic E-state index is 0. The molecule has 0 unspecified atom stereocenters. The van der Waals surface area contributed by atoms with Crippen molar-refractivity contribution in [2.45, 2.75) is 0 Å². The maximum absolute atomic E-state index is 10.5. The number of carbonyl (C=O) groups is 1. The van der Waals surface area contributed by atoms with Gasteiger partial charge >= 0.3 is 17.1 Å². The van der Waals surface area contributed by atoms with Crippen molar-refractivity contribution in [3.63, 3.8) is 0 Å². The molecule has 0 saturated heterocycles. The molecular weight excluding hydrogens is 256 g/mol. The zero-order chi connectivity index (χ0) is 11.6. The van der Waals surface area contributed by atoms with Crippen molar-refractivity contribution in [1.29, 1.82) is 0 Å². The molecule has 0 aliphatic heterocycles. The molecule has 0 radical (unpaired) electrons. The first-order chi connectivity index (χ1) is 7.88. The third-order valence-electron chi connectivity index (χ3n) is 2.03. The smallest absolute Gasteiger partial charge is 0.338 e. The summed E-state index contributed by atoms with van der Waals surface area (Å²) >= 11 is 0. The van der Waals surface area contributed by atoms with Crippen LogP contribution in [0, 0.1) is 0 Å². The number of nitrogens with zero attached hydrogens (tertiary/aromatic N) is 1. The molecule has 4 heteroatoms. The maximum atomic E-state index is 10.5. The second-order valence-electron chi connectivity index (χ2n) is 3.19. The van der Waals surface area contributed by atoms with Crippen molar-refractivity contribution in [2.75, 3.05) is 18.0 Å². The Bertz CT molecular complexity index is 339. The monoisotopic (exact) mass is 272 g/mol. The zero-order valence-electron chi connectivity index (χ0n) is 9.47. The summed E-state index contributed by atoms with van der Waals surface area (Å²) in [5, 5.41) is 0.